The first-order valence-electron chi connectivity index (χ1n) is 8.00. The van der Waals surface area contributed by atoms with E-state index in [1.54, 1.807) is 23.7 Å². The van der Waals surface area contributed by atoms with Gasteiger partial charge in [0.05, 0.1) is 6.17 Å². The van der Waals surface area contributed by atoms with Gasteiger partial charge in [-0.2, -0.15) is 18.7 Å². The standard InChI is InChI=1S/C16H17F4N5O2/c17-10-3-1-8-2-4-11(6-9(8)5-10)21-15(26)24-14-22-12(16(18,19)20)7-13(23-14)25-27/h1-6,12-14,22-23,25,27H,7H2,(H2,21,24,26). The molecule has 0 radical (unpaired) electrons. The molecule has 1 heterocycles. The maximum atomic E-state index is 13.3. The predicted molar refractivity (Wildman–Crippen MR) is 89.3 cm³/mol. The van der Waals surface area contributed by atoms with Crippen molar-refractivity contribution in [3.63, 3.8) is 0 Å². The Morgan fingerprint density at radius 1 is 1.11 bits per heavy atom. The first-order valence-corrected chi connectivity index (χ1v) is 8.00. The molecule has 1 aliphatic heterocycles. The molecule has 0 spiro atoms. The molecule has 2 amide bonds. The van der Waals surface area contributed by atoms with E-state index in [0.29, 0.717) is 11.1 Å². The van der Waals surface area contributed by atoms with Crippen molar-refractivity contribution in [2.24, 2.45) is 0 Å². The van der Waals surface area contributed by atoms with Crippen LogP contribution in [0.3, 0.4) is 0 Å². The van der Waals surface area contributed by atoms with E-state index in [2.05, 4.69) is 21.3 Å². The van der Waals surface area contributed by atoms with Crippen molar-refractivity contribution in [1.82, 2.24) is 21.4 Å². The second kappa shape index (κ2) is 7.64. The van der Waals surface area contributed by atoms with Crippen LogP contribution in [-0.2, 0) is 0 Å². The summed E-state index contributed by atoms with van der Waals surface area (Å²) in [5.41, 5.74) is 2.06. The summed E-state index contributed by atoms with van der Waals surface area (Å²) in [5.74, 6) is -0.430. The Hall–Kier alpha value is -2.47. The molecule has 3 atom stereocenters. The van der Waals surface area contributed by atoms with Crippen LogP contribution in [0.5, 0.6) is 0 Å². The molecule has 3 unspecified atom stereocenters. The molecule has 1 saturated heterocycles. The van der Waals surface area contributed by atoms with Gasteiger partial charge in [-0.3, -0.25) is 10.6 Å². The van der Waals surface area contributed by atoms with Crippen molar-refractivity contribution >= 4 is 22.5 Å². The molecule has 0 bridgehead atoms. The fourth-order valence-corrected chi connectivity index (χ4v) is 2.82. The summed E-state index contributed by atoms with van der Waals surface area (Å²) >= 11 is 0. The molecule has 0 saturated carbocycles. The molecule has 27 heavy (non-hydrogen) atoms. The van der Waals surface area contributed by atoms with Gasteiger partial charge in [-0.05, 0) is 35.0 Å². The first kappa shape index (κ1) is 19.3. The number of hydrogen-bond acceptors (Lipinski definition) is 5. The maximum Gasteiger partial charge on any atom is 0.404 e. The van der Waals surface area contributed by atoms with E-state index in [1.807, 2.05) is 0 Å². The lowest BCUT2D eigenvalue weighted by atomic mass is 10.1. The number of alkyl halides is 3. The summed E-state index contributed by atoms with van der Waals surface area (Å²) in [6.45, 7) is 0. The van der Waals surface area contributed by atoms with Gasteiger partial charge in [-0.25, -0.2) is 9.18 Å². The van der Waals surface area contributed by atoms with E-state index < -0.39 is 42.9 Å². The Bertz CT molecular complexity index is 832. The number of halogens is 4. The number of nitrogens with one attached hydrogen (secondary N) is 5. The average Bonchev–Trinajstić information content (AvgIpc) is 2.60. The van der Waals surface area contributed by atoms with Gasteiger partial charge in [0.2, 0.25) is 0 Å². The van der Waals surface area contributed by atoms with E-state index in [0.717, 1.165) is 5.39 Å². The van der Waals surface area contributed by atoms with Gasteiger partial charge in [0.25, 0.3) is 0 Å². The van der Waals surface area contributed by atoms with Gasteiger partial charge in [0.15, 0.2) is 0 Å². The summed E-state index contributed by atoms with van der Waals surface area (Å²) in [5, 5.41) is 19.8. The van der Waals surface area contributed by atoms with Crippen molar-refractivity contribution in [2.75, 3.05) is 5.32 Å². The highest BCUT2D eigenvalue weighted by atomic mass is 19.4. The highest BCUT2D eigenvalue weighted by molar-refractivity contribution is 5.93. The minimum absolute atomic E-state index is 0.339. The number of fused-ring (bicyclic) bond motifs is 1. The SMILES string of the molecule is O=C(Nc1ccc2ccc(F)cc2c1)NC1NC(NO)CC(C(F)(F)F)N1. The van der Waals surface area contributed by atoms with Crippen molar-refractivity contribution in [1.29, 1.82) is 0 Å². The molecule has 6 N–H and O–H groups in total. The molecule has 2 aromatic rings. The summed E-state index contributed by atoms with van der Waals surface area (Å²) in [6, 6.07) is 6.29. The number of hydrogen-bond donors (Lipinski definition) is 6. The topological polar surface area (TPSA) is 97.5 Å². The second-order valence-electron chi connectivity index (χ2n) is 6.08. The molecule has 0 aliphatic carbocycles. The Kier molecular flexibility index (Phi) is 5.46. The van der Waals surface area contributed by atoms with Crippen LogP contribution >= 0.6 is 0 Å². The average molecular weight is 387 g/mol. The smallest absolute Gasteiger partial charge is 0.315 e. The summed E-state index contributed by atoms with van der Waals surface area (Å²) in [6.07, 6.45) is -7.31. The first-order chi connectivity index (χ1) is 12.7. The minimum Gasteiger partial charge on any atom is -0.315 e. The number of carbonyl (C=O) groups excluding carboxylic acids is 1. The zero-order valence-electron chi connectivity index (χ0n) is 13.8. The number of anilines is 1. The van der Waals surface area contributed by atoms with Gasteiger partial charge in [0, 0.05) is 12.1 Å². The van der Waals surface area contributed by atoms with E-state index in [9.17, 15) is 22.4 Å². The second-order valence-corrected chi connectivity index (χ2v) is 6.08. The number of carbonyl (C=O) groups is 1. The van der Waals surface area contributed by atoms with E-state index in [4.69, 9.17) is 5.21 Å². The van der Waals surface area contributed by atoms with Gasteiger partial charge < -0.3 is 15.8 Å². The quantitative estimate of drug-likeness (QED) is 0.359. The molecular weight excluding hydrogens is 370 g/mol. The molecule has 1 aliphatic rings. The monoisotopic (exact) mass is 387 g/mol. The largest absolute Gasteiger partial charge is 0.404 e. The Balaban J connectivity index is 1.66. The van der Waals surface area contributed by atoms with Gasteiger partial charge in [0.1, 0.15) is 18.1 Å². The van der Waals surface area contributed by atoms with E-state index in [1.165, 1.54) is 18.2 Å². The Morgan fingerprint density at radius 2 is 1.85 bits per heavy atom. The molecule has 11 heteroatoms. The van der Waals surface area contributed by atoms with Gasteiger partial charge in [-0.1, -0.05) is 12.1 Å². The predicted octanol–water partition coefficient (Wildman–Crippen LogP) is 2.20. The molecule has 7 nitrogen and oxygen atoms in total. The van der Waals surface area contributed by atoms with Crippen LogP contribution in [0.2, 0.25) is 0 Å². The minimum atomic E-state index is -4.55. The Morgan fingerprint density at radius 3 is 2.56 bits per heavy atom. The molecular formula is C16H17F4N5O2. The van der Waals surface area contributed by atoms with Gasteiger partial charge >= 0.3 is 12.2 Å². The number of hydroxylamine groups is 1. The van der Waals surface area contributed by atoms with Crippen LogP contribution in [-0.4, -0.2) is 35.9 Å². The van der Waals surface area contributed by atoms with Crippen LogP contribution in [0.1, 0.15) is 6.42 Å². The summed E-state index contributed by atoms with van der Waals surface area (Å²) in [7, 11) is 0. The molecule has 2 aromatic carbocycles. The zero-order valence-corrected chi connectivity index (χ0v) is 13.8. The third kappa shape index (κ3) is 4.83. The third-order valence-electron chi connectivity index (χ3n) is 4.09. The van der Waals surface area contributed by atoms with E-state index >= 15 is 0 Å². The van der Waals surface area contributed by atoms with Crippen molar-refractivity contribution in [2.45, 2.75) is 31.1 Å². The summed E-state index contributed by atoms with van der Waals surface area (Å²) in [4.78, 5) is 12.1. The molecule has 0 aromatic heterocycles. The van der Waals surface area contributed by atoms with Crippen molar-refractivity contribution in [3.8, 4) is 0 Å². The van der Waals surface area contributed by atoms with Gasteiger partial charge in [-0.15, -0.1) is 0 Å². The highest BCUT2D eigenvalue weighted by Crippen LogP contribution is 2.25. The lowest BCUT2D eigenvalue weighted by molar-refractivity contribution is -0.170. The maximum absolute atomic E-state index is 13.3. The molecule has 1 fully saturated rings. The lowest BCUT2D eigenvalue weighted by Gasteiger charge is -2.37. The Labute approximate surface area is 151 Å². The van der Waals surface area contributed by atoms with Crippen LogP contribution in [0.4, 0.5) is 28.0 Å². The third-order valence-corrected chi connectivity index (χ3v) is 4.09. The van der Waals surface area contributed by atoms with Crippen molar-refractivity contribution in [3.05, 3.63) is 42.2 Å². The van der Waals surface area contributed by atoms with Crippen molar-refractivity contribution < 1.29 is 27.6 Å². The van der Waals surface area contributed by atoms with Crippen LogP contribution in [0, 0.1) is 5.82 Å². The zero-order chi connectivity index (χ0) is 19.6. The number of urea groups is 1. The lowest BCUT2D eigenvalue weighted by Crippen LogP contribution is -2.70. The van der Waals surface area contributed by atoms with Crippen LogP contribution in [0.15, 0.2) is 36.4 Å². The van der Waals surface area contributed by atoms with E-state index in [-0.39, 0.29) is 0 Å². The number of benzene rings is 2. The van der Waals surface area contributed by atoms with Crippen LogP contribution in [0.25, 0.3) is 10.8 Å². The summed E-state index contributed by atoms with van der Waals surface area (Å²) < 4.78 is 52.1. The normalized spacial score (nSPS) is 23.2. The number of amides is 2. The fraction of sp³-hybridized carbons (Fsp3) is 0.312. The van der Waals surface area contributed by atoms with Crippen LogP contribution < -0.4 is 26.7 Å². The fourth-order valence-electron chi connectivity index (χ4n) is 2.82. The highest BCUT2D eigenvalue weighted by Gasteiger charge is 2.45. The molecule has 146 valence electrons. The molecule has 3 rings (SSSR count). The number of rotatable bonds is 3.